The number of allylic oxidation sites excluding steroid dienone is 36. The Balaban J connectivity index is 4.27. The smallest absolute Gasteiger partial charge is 0.306 e. The molecule has 9 heteroatoms. The van der Waals surface area contributed by atoms with Crippen molar-refractivity contribution in [2.45, 2.75) is 245 Å². The number of carbonyl (C=O) groups excluding carboxylic acids is 3. The standard InChI is InChI=1S/C84H129NO8/c1-6-8-10-12-14-16-18-20-22-24-26-28-30-32-34-36-37-38-39-40-41-42-43-44-45-47-49-51-53-55-57-59-61-63-65-67-69-71-73-75-82(87)93-80(79-92-84(83(88)89)90-77-76-85(3,4)5)78-91-81(86)74-72-70-68-66-64-62-60-58-56-54-52-50-48-46-35-33-31-29-27-25-23-21-19-17-15-13-11-9-7-2/h8-11,14-17,20-23,26-29,32-35,37-38,40-41,43-44,47-50,53-56,60,62,80,84H,6-7,12-13,18-19,24-25,30-31,36,39,42,45-46,51-52,57-59,61,63-79H2,1-5H3/b10-8-,11-9-,16-14-,17-15-,22-20-,23-21-,28-26-,29-27-,34-32-,35-33-,38-37-,41-40-,44-43-,49-47-,50-48-,55-53-,56-54-,62-60-. The molecule has 0 fully saturated rings. The van der Waals surface area contributed by atoms with Crippen molar-refractivity contribution in [3.8, 4) is 0 Å². The summed E-state index contributed by atoms with van der Waals surface area (Å²) in [7, 11) is 5.90. The molecule has 0 N–H and O–H groups in total. The molecule has 0 rings (SSSR count). The van der Waals surface area contributed by atoms with Crippen LogP contribution in [0.5, 0.6) is 0 Å². The topological polar surface area (TPSA) is 111 Å². The van der Waals surface area contributed by atoms with Crippen molar-refractivity contribution in [2.75, 3.05) is 47.5 Å². The van der Waals surface area contributed by atoms with Gasteiger partial charge in [0.25, 0.3) is 0 Å². The SMILES string of the molecule is CC/C=C\C/C=C\C/C=C\C/C=C\C/C=C\C/C=C\C/C=C\C/C=C\C/C=C\C/C=C\CCCCCCCCCCC(=O)OC(COC(=O)CCCCCC/C=C\C/C=C\C/C=C\C/C=C\C/C=C\C/C=C\C/C=C\C/C=C\CC)COC(OCC[N+](C)(C)C)C(=O)[O-]. The number of nitrogens with zero attached hydrogens (tertiary/aromatic N) is 1. The number of hydrogen-bond donors (Lipinski definition) is 0. The van der Waals surface area contributed by atoms with Gasteiger partial charge in [0.2, 0.25) is 0 Å². The number of aliphatic carboxylic acids is 1. The number of carbonyl (C=O) groups is 3. The fraction of sp³-hybridized carbons (Fsp3) is 0.536. The van der Waals surface area contributed by atoms with Gasteiger partial charge in [0, 0.05) is 12.8 Å². The van der Waals surface area contributed by atoms with Crippen molar-refractivity contribution in [1.29, 1.82) is 0 Å². The van der Waals surface area contributed by atoms with Gasteiger partial charge in [-0.25, -0.2) is 0 Å². The summed E-state index contributed by atoms with van der Waals surface area (Å²) in [6.45, 7) is 4.45. The summed E-state index contributed by atoms with van der Waals surface area (Å²) < 4.78 is 22.7. The van der Waals surface area contributed by atoms with Gasteiger partial charge >= 0.3 is 11.9 Å². The normalized spacial score (nSPS) is 14.0. The maximum atomic E-state index is 12.9. The first-order valence-electron chi connectivity index (χ1n) is 35.9. The van der Waals surface area contributed by atoms with Gasteiger partial charge in [-0.3, -0.25) is 9.59 Å². The van der Waals surface area contributed by atoms with Crippen LogP contribution in [-0.2, 0) is 33.3 Å². The summed E-state index contributed by atoms with van der Waals surface area (Å²) in [5.41, 5.74) is 0. The first-order chi connectivity index (χ1) is 45.6. The Hall–Kier alpha value is -6.39. The van der Waals surface area contributed by atoms with E-state index in [1.165, 1.54) is 25.7 Å². The summed E-state index contributed by atoms with van der Waals surface area (Å²) >= 11 is 0. The van der Waals surface area contributed by atoms with E-state index in [9.17, 15) is 19.5 Å². The fourth-order valence-electron chi connectivity index (χ4n) is 8.81. The van der Waals surface area contributed by atoms with Crippen LogP contribution in [-0.4, -0.2) is 82.3 Å². The largest absolute Gasteiger partial charge is 0.545 e. The number of quaternary nitrogens is 1. The molecule has 93 heavy (non-hydrogen) atoms. The second-order valence-electron chi connectivity index (χ2n) is 24.1. The number of ether oxygens (including phenoxy) is 4. The van der Waals surface area contributed by atoms with Crippen LogP contribution >= 0.6 is 0 Å². The third kappa shape index (κ3) is 72.9. The molecule has 0 aliphatic heterocycles. The first-order valence-corrected chi connectivity index (χ1v) is 35.9. The molecule has 2 atom stereocenters. The predicted octanol–water partition coefficient (Wildman–Crippen LogP) is 21.6. The van der Waals surface area contributed by atoms with E-state index in [0.717, 1.165) is 167 Å². The number of carboxylic acid groups (broad SMARTS) is 1. The highest BCUT2D eigenvalue weighted by molar-refractivity contribution is 5.70. The Morgan fingerprint density at radius 3 is 0.860 bits per heavy atom. The van der Waals surface area contributed by atoms with Crippen LogP contribution in [0.4, 0.5) is 0 Å². The average Bonchev–Trinajstić information content (AvgIpc) is 3.38. The van der Waals surface area contributed by atoms with Gasteiger partial charge in [-0.05, 0) is 154 Å². The number of likely N-dealkylation sites (N-methyl/N-ethyl adjacent to an activating group) is 1. The highest BCUT2D eigenvalue weighted by Gasteiger charge is 2.22. The van der Waals surface area contributed by atoms with Gasteiger partial charge in [0.15, 0.2) is 12.4 Å². The van der Waals surface area contributed by atoms with E-state index < -0.39 is 30.3 Å². The second kappa shape index (κ2) is 71.5. The highest BCUT2D eigenvalue weighted by atomic mass is 16.7. The van der Waals surface area contributed by atoms with Crippen LogP contribution < -0.4 is 5.11 Å². The van der Waals surface area contributed by atoms with E-state index in [0.29, 0.717) is 23.9 Å². The second-order valence-corrected chi connectivity index (χ2v) is 24.1. The summed E-state index contributed by atoms with van der Waals surface area (Å²) in [5, 5.41) is 11.8. The molecule has 518 valence electrons. The lowest BCUT2D eigenvalue weighted by Crippen LogP contribution is -2.44. The van der Waals surface area contributed by atoms with E-state index in [2.05, 4.69) is 233 Å². The number of rotatable bonds is 63. The molecule has 0 saturated heterocycles. The van der Waals surface area contributed by atoms with Crippen molar-refractivity contribution in [3.05, 3.63) is 219 Å². The molecule has 0 aliphatic rings. The molecule has 0 aliphatic carbocycles. The molecule has 0 saturated carbocycles. The number of hydrogen-bond acceptors (Lipinski definition) is 8. The minimum atomic E-state index is -1.65. The van der Waals surface area contributed by atoms with E-state index >= 15 is 0 Å². The lowest BCUT2D eigenvalue weighted by molar-refractivity contribution is -0.870. The Kier molecular flexibility index (Phi) is 66.5. The van der Waals surface area contributed by atoms with Crippen LogP contribution in [0.2, 0.25) is 0 Å². The van der Waals surface area contributed by atoms with Gasteiger partial charge in [0.1, 0.15) is 13.2 Å². The van der Waals surface area contributed by atoms with Gasteiger partial charge < -0.3 is 33.3 Å². The third-order valence-corrected chi connectivity index (χ3v) is 14.2. The van der Waals surface area contributed by atoms with E-state index in [4.69, 9.17) is 18.9 Å². The van der Waals surface area contributed by atoms with Crippen molar-refractivity contribution in [1.82, 2.24) is 0 Å². The van der Waals surface area contributed by atoms with E-state index in [1.807, 2.05) is 21.1 Å². The summed E-state index contributed by atoms with van der Waals surface area (Å²) in [6, 6.07) is 0. The molecular weight excluding hydrogens is 1150 g/mol. The summed E-state index contributed by atoms with van der Waals surface area (Å²) in [4.78, 5) is 37.5. The maximum Gasteiger partial charge on any atom is 0.306 e. The van der Waals surface area contributed by atoms with E-state index in [1.54, 1.807) is 0 Å². The van der Waals surface area contributed by atoms with E-state index in [-0.39, 0.29) is 32.7 Å². The van der Waals surface area contributed by atoms with Crippen LogP contribution in [0.25, 0.3) is 0 Å². The molecule has 2 unspecified atom stereocenters. The fourth-order valence-corrected chi connectivity index (χ4v) is 8.81. The molecule has 0 aromatic heterocycles. The van der Waals surface area contributed by atoms with Crippen molar-refractivity contribution < 1.29 is 42.9 Å². The summed E-state index contributed by atoms with van der Waals surface area (Å²) in [5.74, 6) is -2.36. The van der Waals surface area contributed by atoms with Crippen molar-refractivity contribution >= 4 is 17.9 Å². The molecule has 0 aromatic rings. The van der Waals surface area contributed by atoms with Crippen molar-refractivity contribution in [3.63, 3.8) is 0 Å². The molecule has 0 bridgehead atoms. The van der Waals surface area contributed by atoms with Gasteiger partial charge in [-0.2, -0.15) is 0 Å². The molecular formula is C84H129NO8. The lowest BCUT2D eigenvalue weighted by atomic mass is 10.1. The number of unbranched alkanes of at least 4 members (excludes halogenated alkanes) is 12. The minimum Gasteiger partial charge on any atom is -0.545 e. The van der Waals surface area contributed by atoms with Gasteiger partial charge in [0.05, 0.1) is 40.3 Å². The monoisotopic (exact) mass is 1280 g/mol. The zero-order valence-electron chi connectivity index (χ0n) is 59.0. The Morgan fingerprint density at radius 1 is 0.323 bits per heavy atom. The molecule has 0 amide bonds. The molecule has 0 aromatic carbocycles. The molecule has 0 heterocycles. The molecule has 9 nitrogen and oxygen atoms in total. The number of esters is 2. The Morgan fingerprint density at radius 2 is 0.581 bits per heavy atom. The maximum absolute atomic E-state index is 12.9. The molecule has 0 spiro atoms. The van der Waals surface area contributed by atoms with Crippen LogP contribution in [0, 0.1) is 0 Å². The first kappa shape index (κ1) is 86.6. The van der Waals surface area contributed by atoms with Crippen LogP contribution in [0.1, 0.15) is 232 Å². The Labute approximate surface area is 568 Å². The number of carboxylic acids is 1. The van der Waals surface area contributed by atoms with Gasteiger partial charge in [-0.1, -0.05) is 284 Å². The van der Waals surface area contributed by atoms with Gasteiger partial charge in [-0.15, -0.1) is 0 Å². The zero-order chi connectivity index (χ0) is 67.5. The van der Waals surface area contributed by atoms with Crippen LogP contribution in [0.15, 0.2) is 219 Å². The van der Waals surface area contributed by atoms with Crippen molar-refractivity contribution in [2.24, 2.45) is 0 Å². The van der Waals surface area contributed by atoms with Crippen LogP contribution in [0.3, 0.4) is 0 Å². The third-order valence-electron chi connectivity index (χ3n) is 14.2. The summed E-state index contributed by atoms with van der Waals surface area (Å²) in [6.07, 6.45) is 110. The highest BCUT2D eigenvalue weighted by Crippen LogP contribution is 2.14. The Bertz CT molecular complexity index is 2330. The minimum absolute atomic E-state index is 0.129. The zero-order valence-corrected chi connectivity index (χ0v) is 59.0. The average molecular weight is 1280 g/mol. The predicted molar refractivity (Wildman–Crippen MR) is 397 cm³/mol. The lowest BCUT2D eigenvalue weighted by Gasteiger charge is -2.26. The quantitative estimate of drug-likeness (QED) is 0.0195. The molecule has 0 radical (unpaired) electrons.